The summed E-state index contributed by atoms with van der Waals surface area (Å²) in [5.74, 6) is -0.543. The quantitative estimate of drug-likeness (QED) is 0.871. The molecule has 106 valence electrons. The lowest BCUT2D eigenvalue weighted by Gasteiger charge is -2.26. The standard InChI is InChI=1S/C14H20ClNO3/c1-14(18-7-8-19-14)10-16-13(9-17-2)11-3-5-12(15)6-4-11/h3-6,13,16H,7-10H2,1-2H3/t13-/m1/s1. The zero-order chi connectivity index (χ0) is 13.7. The van der Waals surface area contributed by atoms with Crippen LogP contribution < -0.4 is 5.32 Å². The Kier molecular flexibility index (Phi) is 5.19. The minimum atomic E-state index is -0.543. The molecule has 0 aliphatic carbocycles. The molecule has 4 nitrogen and oxygen atoms in total. The van der Waals surface area contributed by atoms with Crippen molar-refractivity contribution in [2.45, 2.75) is 18.8 Å². The molecule has 0 spiro atoms. The Hall–Kier alpha value is -0.650. The molecule has 1 saturated heterocycles. The van der Waals surface area contributed by atoms with E-state index >= 15 is 0 Å². The molecule has 0 saturated carbocycles. The summed E-state index contributed by atoms with van der Waals surface area (Å²) in [5, 5.41) is 4.15. The van der Waals surface area contributed by atoms with E-state index in [0.29, 0.717) is 26.4 Å². The van der Waals surface area contributed by atoms with Crippen molar-refractivity contribution < 1.29 is 14.2 Å². The molecule has 1 heterocycles. The predicted molar refractivity (Wildman–Crippen MR) is 74.4 cm³/mol. The van der Waals surface area contributed by atoms with Crippen molar-refractivity contribution in [2.24, 2.45) is 0 Å². The normalized spacial score (nSPS) is 19.5. The highest BCUT2D eigenvalue weighted by Crippen LogP contribution is 2.21. The van der Waals surface area contributed by atoms with Crippen LogP contribution in [-0.2, 0) is 14.2 Å². The SMILES string of the molecule is COC[C@@H](NCC1(C)OCCO1)c1ccc(Cl)cc1. The highest BCUT2D eigenvalue weighted by Gasteiger charge is 2.31. The zero-order valence-electron chi connectivity index (χ0n) is 11.3. The molecule has 1 aromatic carbocycles. The molecular weight excluding hydrogens is 266 g/mol. The average Bonchev–Trinajstić information content (AvgIpc) is 2.83. The lowest BCUT2D eigenvalue weighted by atomic mass is 10.1. The van der Waals surface area contributed by atoms with Crippen LogP contribution >= 0.6 is 11.6 Å². The van der Waals surface area contributed by atoms with Crippen LogP contribution in [0.25, 0.3) is 0 Å². The van der Waals surface area contributed by atoms with Gasteiger partial charge in [0, 0.05) is 12.1 Å². The molecule has 0 bridgehead atoms. The van der Waals surface area contributed by atoms with Gasteiger partial charge in [0.15, 0.2) is 5.79 Å². The smallest absolute Gasteiger partial charge is 0.178 e. The Bertz CT molecular complexity index is 390. The van der Waals surface area contributed by atoms with Crippen molar-refractivity contribution in [3.8, 4) is 0 Å². The summed E-state index contributed by atoms with van der Waals surface area (Å²) in [7, 11) is 1.69. The largest absolute Gasteiger partial charge is 0.383 e. The number of nitrogens with one attached hydrogen (secondary N) is 1. The van der Waals surface area contributed by atoms with Gasteiger partial charge < -0.3 is 19.5 Å². The highest BCUT2D eigenvalue weighted by molar-refractivity contribution is 6.30. The van der Waals surface area contributed by atoms with Gasteiger partial charge in [0.2, 0.25) is 0 Å². The fourth-order valence-electron chi connectivity index (χ4n) is 2.10. The summed E-state index contributed by atoms with van der Waals surface area (Å²) in [5.41, 5.74) is 1.13. The molecule has 1 N–H and O–H groups in total. The third-order valence-electron chi connectivity index (χ3n) is 3.17. The van der Waals surface area contributed by atoms with Crippen molar-refractivity contribution in [1.29, 1.82) is 0 Å². The summed E-state index contributed by atoms with van der Waals surface area (Å²) in [4.78, 5) is 0. The lowest BCUT2D eigenvalue weighted by Crippen LogP contribution is -2.41. The van der Waals surface area contributed by atoms with E-state index in [-0.39, 0.29) is 6.04 Å². The number of ether oxygens (including phenoxy) is 3. The maximum absolute atomic E-state index is 5.90. The number of methoxy groups -OCH3 is 1. The van der Waals surface area contributed by atoms with Crippen molar-refractivity contribution in [2.75, 3.05) is 33.5 Å². The fourth-order valence-corrected chi connectivity index (χ4v) is 2.23. The second-order valence-corrected chi connectivity index (χ2v) is 5.21. The topological polar surface area (TPSA) is 39.7 Å². The first kappa shape index (κ1) is 14.8. The van der Waals surface area contributed by atoms with E-state index in [9.17, 15) is 0 Å². The Balaban J connectivity index is 1.97. The summed E-state index contributed by atoms with van der Waals surface area (Å²) < 4.78 is 16.4. The fraction of sp³-hybridized carbons (Fsp3) is 0.571. The van der Waals surface area contributed by atoms with E-state index in [0.717, 1.165) is 10.6 Å². The number of benzene rings is 1. The van der Waals surface area contributed by atoms with Crippen molar-refractivity contribution in [1.82, 2.24) is 5.32 Å². The predicted octanol–water partition coefficient (Wildman–Crippen LogP) is 2.38. The molecule has 1 aliphatic rings. The summed E-state index contributed by atoms with van der Waals surface area (Å²) in [6.45, 7) is 4.43. The highest BCUT2D eigenvalue weighted by atomic mass is 35.5. The molecule has 0 unspecified atom stereocenters. The number of halogens is 1. The molecule has 1 fully saturated rings. The van der Waals surface area contributed by atoms with Crippen LogP contribution in [-0.4, -0.2) is 39.3 Å². The van der Waals surface area contributed by atoms with Gasteiger partial charge in [0.05, 0.1) is 32.4 Å². The first-order valence-corrected chi connectivity index (χ1v) is 6.76. The monoisotopic (exact) mass is 285 g/mol. The van der Waals surface area contributed by atoms with Gasteiger partial charge in [-0.05, 0) is 24.6 Å². The minimum Gasteiger partial charge on any atom is -0.383 e. The second kappa shape index (κ2) is 6.68. The third kappa shape index (κ3) is 4.16. The van der Waals surface area contributed by atoms with E-state index in [2.05, 4.69) is 5.32 Å². The Morgan fingerprint density at radius 1 is 1.32 bits per heavy atom. The minimum absolute atomic E-state index is 0.0897. The molecule has 1 atom stereocenters. The Morgan fingerprint density at radius 2 is 1.95 bits per heavy atom. The molecular formula is C14H20ClNO3. The van der Waals surface area contributed by atoms with Crippen LogP contribution in [0.3, 0.4) is 0 Å². The molecule has 0 amide bonds. The number of hydrogen-bond donors (Lipinski definition) is 1. The third-order valence-corrected chi connectivity index (χ3v) is 3.43. The van der Waals surface area contributed by atoms with E-state index in [1.165, 1.54) is 0 Å². The van der Waals surface area contributed by atoms with Crippen LogP contribution in [0.4, 0.5) is 0 Å². The maximum Gasteiger partial charge on any atom is 0.178 e. The van der Waals surface area contributed by atoms with Gasteiger partial charge in [-0.3, -0.25) is 0 Å². The Morgan fingerprint density at radius 3 is 2.53 bits per heavy atom. The molecule has 0 radical (unpaired) electrons. The first-order valence-electron chi connectivity index (χ1n) is 6.39. The maximum atomic E-state index is 5.90. The molecule has 0 aromatic heterocycles. The van der Waals surface area contributed by atoms with Crippen LogP contribution in [0.1, 0.15) is 18.5 Å². The van der Waals surface area contributed by atoms with E-state index < -0.39 is 5.79 Å². The van der Waals surface area contributed by atoms with Crippen LogP contribution in [0.5, 0.6) is 0 Å². The van der Waals surface area contributed by atoms with Crippen molar-refractivity contribution in [3.05, 3.63) is 34.9 Å². The molecule has 19 heavy (non-hydrogen) atoms. The van der Waals surface area contributed by atoms with Crippen molar-refractivity contribution in [3.63, 3.8) is 0 Å². The summed E-state index contributed by atoms with van der Waals surface area (Å²) in [6, 6.07) is 7.85. The Labute approximate surface area is 119 Å². The van der Waals surface area contributed by atoms with Crippen LogP contribution in [0.15, 0.2) is 24.3 Å². The second-order valence-electron chi connectivity index (χ2n) is 4.77. The van der Waals surface area contributed by atoms with E-state index in [1.807, 2.05) is 31.2 Å². The van der Waals surface area contributed by atoms with E-state index in [4.69, 9.17) is 25.8 Å². The van der Waals surface area contributed by atoms with Gasteiger partial charge in [-0.25, -0.2) is 0 Å². The van der Waals surface area contributed by atoms with Crippen LogP contribution in [0, 0.1) is 0 Å². The van der Waals surface area contributed by atoms with Crippen LogP contribution in [0.2, 0.25) is 5.02 Å². The number of hydrogen-bond acceptors (Lipinski definition) is 4. The van der Waals surface area contributed by atoms with E-state index in [1.54, 1.807) is 7.11 Å². The molecule has 1 aromatic rings. The summed E-state index contributed by atoms with van der Waals surface area (Å²) in [6.07, 6.45) is 0. The molecule has 2 rings (SSSR count). The molecule has 5 heteroatoms. The van der Waals surface area contributed by atoms with Gasteiger partial charge in [0.25, 0.3) is 0 Å². The lowest BCUT2D eigenvalue weighted by molar-refractivity contribution is -0.139. The first-order chi connectivity index (χ1) is 9.13. The van der Waals surface area contributed by atoms with Gasteiger partial charge in [0.1, 0.15) is 0 Å². The van der Waals surface area contributed by atoms with Gasteiger partial charge in [-0.15, -0.1) is 0 Å². The van der Waals surface area contributed by atoms with Crippen molar-refractivity contribution >= 4 is 11.6 Å². The number of rotatable bonds is 6. The van der Waals surface area contributed by atoms with Gasteiger partial charge in [-0.1, -0.05) is 23.7 Å². The van der Waals surface area contributed by atoms with Gasteiger partial charge in [-0.2, -0.15) is 0 Å². The average molecular weight is 286 g/mol. The molecule has 1 aliphatic heterocycles. The van der Waals surface area contributed by atoms with Gasteiger partial charge >= 0.3 is 0 Å². The summed E-state index contributed by atoms with van der Waals surface area (Å²) >= 11 is 5.90. The zero-order valence-corrected chi connectivity index (χ0v) is 12.1.